The number of carbonyl (C=O) groups is 2. The van der Waals surface area contributed by atoms with Gasteiger partial charge in [-0.25, -0.2) is 9.40 Å². The van der Waals surface area contributed by atoms with E-state index in [1.165, 1.54) is 22.0 Å². The van der Waals surface area contributed by atoms with Gasteiger partial charge in [-0.15, -0.1) is 0 Å². The number of benzene rings is 2. The van der Waals surface area contributed by atoms with Gasteiger partial charge < -0.3 is 4.90 Å². The zero-order chi connectivity index (χ0) is 20.3. The predicted octanol–water partition coefficient (Wildman–Crippen LogP) is 3.62. The zero-order valence-electron chi connectivity index (χ0n) is 16.3. The highest BCUT2D eigenvalue weighted by Crippen LogP contribution is 2.32. The maximum atomic E-state index is 13.3. The number of hydrogen-bond acceptors (Lipinski definition) is 3. The first-order valence-corrected chi connectivity index (χ1v) is 9.32. The normalized spacial score (nSPS) is 16.2. The SMILES string of the molecule is CC(C)C(=O)N(C)CC(=O)N1N=C(c2ccc(F)cc2)C[C@@H]1c1ccccc1. The molecule has 2 aromatic rings. The molecule has 0 unspecified atom stereocenters. The minimum absolute atomic E-state index is 0.0411. The van der Waals surface area contributed by atoms with Gasteiger partial charge in [0.2, 0.25) is 5.91 Å². The van der Waals surface area contributed by atoms with Crippen LogP contribution >= 0.6 is 0 Å². The van der Waals surface area contributed by atoms with Crippen LogP contribution in [0.2, 0.25) is 0 Å². The van der Waals surface area contributed by atoms with E-state index in [9.17, 15) is 14.0 Å². The molecule has 146 valence electrons. The Morgan fingerprint density at radius 3 is 2.39 bits per heavy atom. The number of hydrazone groups is 1. The first kappa shape index (κ1) is 19.7. The Balaban J connectivity index is 1.87. The van der Waals surface area contributed by atoms with E-state index in [0.717, 1.165) is 16.8 Å². The third-order valence-electron chi connectivity index (χ3n) is 4.77. The molecule has 0 radical (unpaired) electrons. The molecule has 1 aliphatic heterocycles. The molecule has 0 N–H and O–H groups in total. The van der Waals surface area contributed by atoms with E-state index in [1.54, 1.807) is 33.0 Å². The minimum Gasteiger partial charge on any atom is -0.336 e. The van der Waals surface area contributed by atoms with Crippen LogP contribution in [0.3, 0.4) is 0 Å². The van der Waals surface area contributed by atoms with Crippen LogP contribution in [0.4, 0.5) is 4.39 Å². The van der Waals surface area contributed by atoms with E-state index in [0.29, 0.717) is 6.42 Å². The lowest BCUT2D eigenvalue weighted by Crippen LogP contribution is -2.40. The van der Waals surface area contributed by atoms with Gasteiger partial charge >= 0.3 is 0 Å². The van der Waals surface area contributed by atoms with Crippen LogP contribution < -0.4 is 0 Å². The molecule has 1 aliphatic rings. The molecule has 3 rings (SSSR count). The molecule has 28 heavy (non-hydrogen) atoms. The number of halogens is 1. The third-order valence-corrected chi connectivity index (χ3v) is 4.77. The largest absolute Gasteiger partial charge is 0.336 e. The van der Waals surface area contributed by atoms with Gasteiger partial charge in [0, 0.05) is 19.4 Å². The van der Waals surface area contributed by atoms with E-state index in [2.05, 4.69) is 5.10 Å². The van der Waals surface area contributed by atoms with Gasteiger partial charge in [-0.3, -0.25) is 9.59 Å². The predicted molar refractivity (Wildman–Crippen MR) is 106 cm³/mol. The Morgan fingerprint density at radius 2 is 1.79 bits per heavy atom. The highest BCUT2D eigenvalue weighted by atomic mass is 19.1. The van der Waals surface area contributed by atoms with Crippen molar-refractivity contribution in [1.82, 2.24) is 9.91 Å². The second-order valence-electron chi connectivity index (χ2n) is 7.27. The number of amides is 2. The maximum absolute atomic E-state index is 13.3. The van der Waals surface area contributed by atoms with Crippen molar-refractivity contribution in [2.24, 2.45) is 11.0 Å². The topological polar surface area (TPSA) is 53.0 Å². The van der Waals surface area contributed by atoms with E-state index in [-0.39, 0.29) is 36.1 Å². The Labute approximate surface area is 164 Å². The summed E-state index contributed by atoms with van der Waals surface area (Å²) in [5.41, 5.74) is 2.47. The number of carbonyl (C=O) groups excluding carboxylic acids is 2. The Morgan fingerprint density at radius 1 is 1.14 bits per heavy atom. The first-order chi connectivity index (χ1) is 13.4. The lowest BCUT2D eigenvalue weighted by molar-refractivity contribution is -0.142. The van der Waals surface area contributed by atoms with Crippen LogP contribution in [-0.4, -0.2) is 41.0 Å². The van der Waals surface area contributed by atoms with Gasteiger partial charge in [0.1, 0.15) is 12.4 Å². The van der Waals surface area contributed by atoms with Crippen LogP contribution in [0.15, 0.2) is 59.7 Å². The maximum Gasteiger partial charge on any atom is 0.262 e. The fourth-order valence-corrected chi connectivity index (χ4v) is 3.29. The summed E-state index contributed by atoms with van der Waals surface area (Å²) < 4.78 is 13.3. The molecule has 2 aromatic carbocycles. The smallest absolute Gasteiger partial charge is 0.262 e. The molecule has 0 saturated carbocycles. The zero-order valence-corrected chi connectivity index (χ0v) is 16.3. The van der Waals surface area contributed by atoms with Crippen molar-refractivity contribution in [3.05, 3.63) is 71.5 Å². The summed E-state index contributed by atoms with van der Waals surface area (Å²) in [4.78, 5) is 26.5. The summed E-state index contributed by atoms with van der Waals surface area (Å²) in [5, 5.41) is 6.00. The molecular weight excluding hydrogens is 357 g/mol. The molecule has 0 spiro atoms. The van der Waals surface area contributed by atoms with Crippen LogP contribution in [0.25, 0.3) is 0 Å². The van der Waals surface area contributed by atoms with Gasteiger partial charge in [0.05, 0.1) is 11.8 Å². The molecule has 0 aliphatic carbocycles. The monoisotopic (exact) mass is 381 g/mol. The lowest BCUT2D eigenvalue weighted by Gasteiger charge is -2.25. The van der Waals surface area contributed by atoms with E-state index >= 15 is 0 Å². The number of nitrogens with zero attached hydrogens (tertiary/aromatic N) is 3. The van der Waals surface area contributed by atoms with Gasteiger partial charge in [-0.2, -0.15) is 5.10 Å². The minimum atomic E-state index is -0.316. The number of hydrogen-bond donors (Lipinski definition) is 0. The van der Waals surface area contributed by atoms with Crippen molar-refractivity contribution in [3.8, 4) is 0 Å². The lowest BCUT2D eigenvalue weighted by atomic mass is 9.98. The second-order valence-corrected chi connectivity index (χ2v) is 7.27. The van der Waals surface area contributed by atoms with Crippen LogP contribution in [0.5, 0.6) is 0 Å². The Bertz CT molecular complexity index is 878. The fourth-order valence-electron chi connectivity index (χ4n) is 3.29. The van der Waals surface area contributed by atoms with E-state index < -0.39 is 0 Å². The van der Waals surface area contributed by atoms with Crippen molar-refractivity contribution in [1.29, 1.82) is 0 Å². The van der Waals surface area contributed by atoms with Crippen molar-refractivity contribution < 1.29 is 14.0 Å². The van der Waals surface area contributed by atoms with Crippen LogP contribution in [0, 0.1) is 11.7 Å². The van der Waals surface area contributed by atoms with Crippen LogP contribution in [-0.2, 0) is 9.59 Å². The average Bonchev–Trinajstić information content (AvgIpc) is 3.14. The van der Waals surface area contributed by atoms with Crippen molar-refractivity contribution in [2.45, 2.75) is 26.3 Å². The molecular formula is C22H24FN3O2. The van der Waals surface area contributed by atoms with Gasteiger partial charge in [0.15, 0.2) is 0 Å². The molecule has 1 atom stereocenters. The molecule has 5 nitrogen and oxygen atoms in total. The van der Waals surface area contributed by atoms with E-state index in [4.69, 9.17) is 0 Å². The summed E-state index contributed by atoms with van der Waals surface area (Å²) in [6.07, 6.45) is 0.531. The highest BCUT2D eigenvalue weighted by Gasteiger charge is 2.33. The summed E-state index contributed by atoms with van der Waals surface area (Å²) in [6, 6.07) is 15.5. The van der Waals surface area contributed by atoms with E-state index in [1.807, 2.05) is 30.3 Å². The van der Waals surface area contributed by atoms with Crippen LogP contribution in [0.1, 0.15) is 37.4 Å². The standard InChI is InChI=1S/C22H24FN3O2/c1-15(2)22(28)25(3)14-21(27)26-20(17-7-5-4-6-8-17)13-19(24-26)16-9-11-18(23)12-10-16/h4-12,15,20H,13-14H2,1-3H3/t20-/m1/s1. The summed E-state index contributed by atoms with van der Waals surface area (Å²) in [5.74, 6) is -0.836. The molecule has 0 saturated heterocycles. The molecule has 6 heteroatoms. The van der Waals surface area contributed by atoms with Gasteiger partial charge in [-0.05, 0) is 23.3 Å². The molecule has 0 fully saturated rings. The quantitative estimate of drug-likeness (QED) is 0.794. The number of likely N-dealkylation sites (N-methyl/N-ethyl adjacent to an activating group) is 1. The first-order valence-electron chi connectivity index (χ1n) is 9.32. The highest BCUT2D eigenvalue weighted by molar-refractivity contribution is 6.03. The number of rotatable bonds is 5. The van der Waals surface area contributed by atoms with Gasteiger partial charge in [-0.1, -0.05) is 56.3 Å². The van der Waals surface area contributed by atoms with Crippen molar-refractivity contribution >= 4 is 17.5 Å². The molecule has 1 heterocycles. The van der Waals surface area contributed by atoms with Crippen molar-refractivity contribution in [2.75, 3.05) is 13.6 Å². The Hall–Kier alpha value is -3.02. The van der Waals surface area contributed by atoms with Gasteiger partial charge in [0.25, 0.3) is 5.91 Å². The third kappa shape index (κ3) is 4.27. The molecule has 2 amide bonds. The van der Waals surface area contributed by atoms with Crippen molar-refractivity contribution in [3.63, 3.8) is 0 Å². The fraction of sp³-hybridized carbons (Fsp3) is 0.318. The summed E-state index contributed by atoms with van der Waals surface area (Å²) in [7, 11) is 1.62. The second kappa shape index (κ2) is 8.33. The average molecular weight is 381 g/mol. The Kier molecular flexibility index (Phi) is 5.87. The summed E-state index contributed by atoms with van der Waals surface area (Å²) in [6.45, 7) is 3.56. The molecule has 0 aromatic heterocycles. The summed E-state index contributed by atoms with van der Waals surface area (Å²) >= 11 is 0. The molecule has 0 bridgehead atoms.